The molecule has 42 rings (SSSR count). The van der Waals surface area contributed by atoms with Gasteiger partial charge in [0.25, 0.3) is 0 Å². The first kappa shape index (κ1) is 78.2. The van der Waals surface area contributed by atoms with Crippen molar-refractivity contribution in [3.8, 4) is 0 Å². The van der Waals surface area contributed by atoms with E-state index < -0.39 is 0 Å². The van der Waals surface area contributed by atoms with Gasteiger partial charge in [0.1, 0.15) is 0 Å². The molecule has 0 aromatic rings. The monoisotopic (exact) mass is 1510 g/mol. The molecule has 111 heavy (non-hydrogen) atoms. The largest absolute Gasteiger partial charge is 0.286 e. The van der Waals surface area contributed by atoms with Crippen molar-refractivity contribution in [2.45, 2.75) is 382 Å². The summed E-state index contributed by atoms with van der Waals surface area (Å²) in [5, 5.41) is 52.9. The Morgan fingerprint density at radius 3 is 0.360 bits per heavy atom. The highest BCUT2D eigenvalue weighted by atomic mass is 15.4. The Morgan fingerprint density at radius 2 is 0.234 bits per heavy atom. The smallest absolute Gasteiger partial charge is 0.0624 e. The van der Waals surface area contributed by atoms with E-state index in [0.717, 1.165) is 47.3 Å². The minimum absolute atomic E-state index is 0.379. The summed E-state index contributed by atoms with van der Waals surface area (Å²) in [5.41, 5.74) is 11.3. The standard InChI is InChI=1S/C99H156N12/c1-2-5-65-18-42-77(43-19-65)89-102-93-81-50-26-69(27-51-81)9-10-71-30-54-83(55-31-71)95-105-91-79-46-22-67(23-47-79)7-3-6-66-20-44-78(45-21-66)90-100-88(76-40-16-64(4-1)17-41-76)101-92(104-90)80-48-24-68(25-49-80)8-13-73-34-58-85(59-35-73)97-109-98(86-60-36-74(37-61-86)14-11-70-28-52-82(53-29-70)94(103-89)107-93)111-99(110-97)87-62-38-75(39-63-87)15-12-72-32-56-84(57-33-72)96(106-91)108-95/h4-15,64-111H,16-63H2/b5-4?,10-9-,13-8-,14-11-,15-12?. The van der Waals surface area contributed by atoms with Crippen molar-refractivity contribution >= 4 is 0 Å². The van der Waals surface area contributed by atoms with Crippen LogP contribution in [0.25, 0.3) is 0 Å². The van der Waals surface area contributed by atoms with Crippen molar-refractivity contribution in [3.05, 3.63) is 90.1 Å². The molecule has 30 heterocycles. The summed E-state index contributed by atoms with van der Waals surface area (Å²) in [6.07, 6.45) is 101. The van der Waals surface area contributed by atoms with Gasteiger partial charge in [0, 0.05) is 0 Å². The summed E-state index contributed by atoms with van der Waals surface area (Å²) in [6.45, 7) is 0. The Bertz CT molecular complexity index is 3180. The molecule has 0 spiro atoms. The predicted molar refractivity (Wildman–Crippen MR) is 454 cm³/mol. The molecule has 12 aliphatic carbocycles. The number of rotatable bonds is 0. The van der Waals surface area contributed by atoms with Crippen molar-refractivity contribution in [1.82, 2.24) is 63.8 Å². The molecule has 12 saturated carbocycles. The van der Waals surface area contributed by atoms with Gasteiger partial charge in [0.15, 0.2) is 0 Å². The van der Waals surface area contributed by atoms with Gasteiger partial charge in [0.05, 0.1) is 74.0 Å². The molecule has 42 aliphatic rings. The Balaban J connectivity index is 0.616. The first-order valence-electron chi connectivity index (χ1n) is 49.3. The molecule has 4 saturated heterocycles. The molecular formula is C99H156N12. The second-order valence-corrected chi connectivity index (χ2v) is 42.5. The highest BCUT2D eigenvalue weighted by Gasteiger charge is 2.47. The van der Waals surface area contributed by atoms with Crippen molar-refractivity contribution in [2.75, 3.05) is 0 Å². The summed E-state index contributed by atoms with van der Waals surface area (Å²) < 4.78 is 0. The van der Waals surface area contributed by atoms with Crippen LogP contribution in [0, 0.1) is 142 Å². The zero-order valence-electron chi connectivity index (χ0n) is 69.2. The van der Waals surface area contributed by atoms with Crippen molar-refractivity contribution < 1.29 is 0 Å². The van der Waals surface area contributed by atoms with Gasteiger partial charge in [-0.15, -0.1) is 5.73 Å². The van der Waals surface area contributed by atoms with E-state index in [1.807, 2.05) is 0 Å². The van der Waals surface area contributed by atoms with Crippen molar-refractivity contribution in [2.24, 2.45) is 142 Å². The van der Waals surface area contributed by atoms with Crippen LogP contribution >= 0.6 is 0 Å². The molecule has 12 heteroatoms. The third kappa shape index (κ3) is 19.6. The van der Waals surface area contributed by atoms with Gasteiger partial charge >= 0.3 is 0 Å². The highest BCUT2D eigenvalue weighted by molar-refractivity contribution is 5.10. The molecule has 12 nitrogen and oxygen atoms in total. The van der Waals surface area contributed by atoms with E-state index in [2.05, 4.69) is 154 Å². The fourth-order valence-electron chi connectivity index (χ4n) is 28.0. The van der Waals surface area contributed by atoms with E-state index in [1.54, 1.807) is 0 Å². The quantitative estimate of drug-likeness (QED) is 0.0829. The normalized spacial score (nSPS) is 50.8. The second-order valence-electron chi connectivity index (χ2n) is 42.5. The summed E-state index contributed by atoms with van der Waals surface area (Å²) in [4.78, 5) is 0. The summed E-state index contributed by atoms with van der Waals surface area (Å²) >= 11 is 0. The van der Waals surface area contributed by atoms with E-state index in [1.165, 1.54) is 308 Å². The topological polar surface area (TPSA) is 144 Å². The van der Waals surface area contributed by atoms with Crippen LogP contribution in [-0.2, 0) is 0 Å². The highest BCUT2D eigenvalue weighted by Crippen LogP contribution is 2.46. The number of allylic oxidation sites excluding steroid dienone is 11. The maximum absolute atomic E-state index is 4.43. The molecular weight excluding hydrogens is 1360 g/mol. The van der Waals surface area contributed by atoms with Gasteiger partial charge in [-0.1, -0.05) is 60.1 Å². The van der Waals surface area contributed by atoms with Crippen LogP contribution in [0.4, 0.5) is 0 Å². The molecule has 0 radical (unpaired) electrons. The molecule has 36 bridgehead atoms. The van der Waals surface area contributed by atoms with Crippen LogP contribution in [0.2, 0.25) is 0 Å². The average molecular weight is 1510 g/mol. The van der Waals surface area contributed by atoms with E-state index >= 15 is 0 Å². The van der Waals surface area contributed by atoms with Crippen LogP contribution in [0.5, 0.6) is 0 Å². The maximum Gasteiger partial charge on any atom is 0.0624 e. The third-order valence-electron chi connectivity index (χ3n) is 35.8. The van der Waals surface area contributed by atoms with Gasteiger partial charge in [0.2, 0.25) is 0 Å². The lowest BCUT2D eigenvalue weighted by molar-refractivity contribution is 0.0518. The van der Waals surface area contributed by atoms with E-state index in [-0.39, 0.29) is 0 Å². The fraction of sp³-hybridized carbons (Fsp3) is 0.848. The van der Waals surface area contributed by atoms with Crippen LogP contribution in [-0.4, -0.2) is 74.0 Å². The van der Waals surface area contributed by atoms with E-state index in [9.17, 15) is 0 Å². The Kier molecular flexibility index (Phi) is 26.3. The molecule has 612 valence electrons. The Labute approximate surface area is 674 Å². The number of hydrogen-bond donors (Lipinski definition) is 12. The maximum atomic E-state index is 4.43. The Morgan fingerprint density at radius 1 is 0.126 bits per heavy atom. The van der Waals surface area contributed by atoms with Gasteiger partial charge in [-0.25, -0.2) is 0 Å². The first-order valence-corrected chi connectivity index (χ1v) is 49.3. The minimum atomic E-state index is 0.379. The Hall–Kier alpha value is -2.70. The minimum Gasteiger partial charge on any atom is -0.286 e. The van der Waals surface area contributed by atoms with Crippen LogP contribution in [0.1, 0.15) is 308 Å². The van der Waals surface area contributed by atoms with Gasteiger partial charge < -0.3 is 0 Å². The van der Waals surface area contributed by atoms with E-state index in [4.69, 9.17) is 0 Å². The molecule has 12 unspecified atom stereocenters. The second kappa shape index (κ2) is 37.3. The predicted octanol–water partition coefficient (Wildman–Crippen LogP) is 18.5. The van der Waals surface area contributed by atoms with Crippen molar-refractivity contribution in [1.29, 1.82) is 0 Å². The number of nitrogens with one attached hydrogen (secondary N) is 12. The zero-order valence-corrected chi connectivity index (χ0v) is 69.2. The third-order valence-corrected chi connectivity index (χ3v) is 35.8. The fourth-order valence-corrected chi connectivity index (χ4v) is 28.0. The van der Waals surface area contributed by atoms with E-state index in [0.29, 0.717) is 169 Å². The molecule has 12 atom stereocenters. The molecule has 16 fully saturated rings. The average Bonchev–Trinajstić information content (AvgIpc) is 0.813. The lowest BCUT2D eigenvalue weighted by atomic mass is 9.75. The molecule has 0 aromatic carbocycles. The van der Waals surface area contributed by atoms with Gasteiger partial charge in [-0.05, 0) is 475 Å². The van der Waals surface area contributed by atoms with Crippen LogP contribution in [0.15, 0.2) is 90.1 Å². The molecule has 0 aromatic heterocycles. The summed E-state index contributed by atoms with van der Waals surface area (Å²) in [7, 11) is 0. The zero-order chi connectivity index (χ0) is 73.8. The molecule has 12 N–H and O–H groups in total. The molecule has 0 amide bonds. The van der Waals surface area contributed by atoms with Gasteiger partial charge in [-0.3, -0.25) is 63.8 Å². The SMILES string of the molecule is C1=C=CC2CCC(CC2)C2NC3NC(N2)C2CCC(/C=C\C4CCC(CC4)C4NC5NC(N4)C4CCC(/C=C\C6CCC(CC6)C6NC(NC(N6)C6CCC(C=C=CC7CCC(CC7)C7NC(NC(N7)C7CCC(/C=C\C8CCC3CC8)CC7)C3CCC(C=CC7CCC5CC7)CC3)CC6)C3CCC(C=1)CC3)CC4)CC2. The van der Waals surface area contributed by atoms with Crippen LogP contribution < -0.4 is 63.8 Å². The summed E-state index contributed by atoms with van der Waals surface area (Å²) in [6, 6.07) is 0. The van der Waals surface area contributed by atoms with Gasteiger partial charge in [-0.2, -0.15) is 0 Å². The summed E-state index contributed by atoms with van der Waals surface area (Å²) in [5.74, 6) is 16.7. The van der Waals surface area contributed by atoms with Crippen molar-refractivity contribution in [3.63, 3.8) is 0 Å². The lowest BCUT2D eigenvalue weighted by Gasteiger charge is -2.49. The van der Waals surface area contributed by atoms with Crippen LogP contribution in [0.3, 0.4) is 0 Å². The first-order chi connectivity index (χ1) is 54.8. The lowest BCUT2D eigenvalue weighted by Crippen LogP contribution is -2.72. The number of hydrogen-bond acceptors (Lipinski definition) is 12. The molecule has 30 aliphatic heterocycles.